The van der Waals surface area contributed by atoms with Crippen LogP contribution in [0.3, 0.4) is 0 Å². The van der Waals surface area contributed by atoms with Gasteiger partial charge in [0.2, 0.25) is 0 Å². The summed E-state index contributed by atoms with van der Waals surface area (Å²) < 4.78 is 6.01. The van der Waals surface area contributed by atoms with Crippen LogP contribution in [-0.4, -0.2) is 12.2 Å². The van der Waals surface area contributed by atoms with E-state index in [9.17, 15) is 0 Å². The van der Waals surface area contributed by atoms with Gasteiger partial charge < -0.3 is 4.74 Å². The molecule has 80 valence electrons. The van der Waals surface area contributed by atoms with Crippen molar-refractivity contribution in [2.75, 3.05) is 0 Å². The summed E-state index contributed by atoms with van der Waals surface area (Å²) in [5, 5.41) is 0. The lowest BCUT2D eigenvalue weighted by Crippen LogP contribution is -2.26. The first-order chi connectivity index (χ1) is 7.27. The maximum atomic E-state index is 6.01. The lowest BCUT2D eigenvalue weighted by molar-refractivity contribution is -0.0159. The molecule has 2 aliphatic rings. The molecule has 1 nitrogen and oxygen atoms in total. The summed E-state index contributed by atoms with van der Waals surface area (Å²) in [6.07, 6.45) is 17.6. The molecule has 0 fully saturated rings. The smallest absolute Gasteiger partial charge is 0.0648 e. The molecule has 0 aromatic carbocycles. The van der Waals surface area contributed by atoms with Gasteiger partial charge in [-0.3, -0.25) is 0 Å². The van der Waals surface area contributed by atoms with Crippen LogP contribution in [0.1, 0.15) is 13.8 Å². The third-order valence-electron chi connectivity index (χ3n) is 3.07. The molecule has 0 aromatic heterocycles. The zero-order valence-corrected chi connectivity index (χ0v) is 9.34. The van der Waals surface area contributed by atoms with Crippen LogP contribution in [0.4, 0.5) is 0 Å². The second-order valence-corrected chi connectivity index (χ2v) is 4.24. The quantitative estimate of drug-likeness (QED) is 0.680. The van der Waals surface area contributed by atoms with Crippen LogP contribution in [0.5, 0.6) is 0 Å². The molecular weight excluding hydrogens is 184 g/mol. The van der Waals surface area contributed by atoms with E-state index in [2.05, 4.69) is 62.5 Å². The van der Waals surface area contributed by atoms with Crippen molar-refractivity contribution in [2.45, 2.75) is 26.1 Å². The predicted octanol–water partition coefficient (Wildman–Crippen LogP) is 3.26. The van der Waals surface area contributed by atoms with E-state index in [1.165, 1.54) is 0 Å². The lowest BCUT2D eigenvalue weighted by atomic mass is 10.0. The Bertz CT molecular complexity index is 266. The van der Waals surface area contributed by atoms with E-state index in [0.717, 1.165) is 0 Å². The molecule has 0 saturated carbocycles. The molecule has 0 amide bonds. The molecule has 2 rings (SSSR count). The first kappa shape index (κ1) is 10.4. The molecule has 0 bridgehead atoms. The second kappa shape index (κ2) is 4.63. The number of ether oxygens (including phenoxy) is 1. The number of hydrogen-bond acceptors (Lipinski definition) is 1. The highest BCUT2D eigenvalue weighted by Gasteiger charge is 2.20. The van der Waals surface area contributed by atoms with Crippen LogP contribution in [0.25, 0.3) is 0 Å². The average Bonchev–Trinajstić information content (AvgIpc) is 2.91. The summed E-state index contributed by atoms with van der Waals surface area (Å²) in [5.41, 5.74) is 0. The first-order valence-corrected chi connectivity index (χ1v) is 5.63. The van der Waals surface area contributed by atoms with Crippen molar-refractivity contribution < 1.29 is 4.74 Å². The summed E-state index contributed by atoms with van der Waals surface area (Å²) in [6, 6.07) is 0. The first-order valence-electron chi connectivity index (χ1n) is 5.63. The maximum Gasteiger partial charge on any atom is 0.0648 e. The van der Waals surface area contributed by atoms with E-state index in [4.69, 9.17) is 4.74 Å². The molecule has 0 aliphatic heterocycles. The zero-order chi connectivity index (χ0) is 10.7. The Kier molecular flexibility index (Phi) is 3.22. The van der Waals surface area contributed by atoms with Crippen LogP contribution in [0.2, 0.25) is 0 Å². The van der Waals surface area contributed by atoms with Crippen molar-refractivity contribution in [3.8, 4) is 0 Å². The molecule has 0 aromatic rings. The van der Waals surface area contributed by atoms with E-state index < -0.39 is 0 Å². The maximum absolute atomic E-state index is 6.01. The van der Waals surface area contributed by atoms with E-state index in [1.807, 2.05) is 0 Å². The van der Waals surface area contributed by atoms with Crippen LogP contribution in [0.15, 0.2) is 48.6 Å². The molecule has 0 radical (unpaired) electrons. The molecule has 15 heavy (non-hydrogen) atoms. The van der Waals surface area contributed by atoms with Crippen LogP contribution < -0.4 is 0 Å². The Balaban J connectivity index is 1.85. The van der Waals surface area contributed by atoms with Crippen molar-refractivity contribution >= 4 is 0 Å². The Morgan fingerprint density at radius 2 is 1.07 bits per heavy atom. The highest BCUT2D eigenvalue weighted by molar-refractivity contribution is 5.20. The highest BCUT2D eigenvalue weighted by atomic mass is 16.5. The van der Waals surface area contributed by atoms with Crippen molar-refractivity contribution in [3.05, 3.63) is 48.6 Å². The summed E-state index contributed by atoms with van der Waals surface area (Å²) in [7, 11) is 0. The van der Waals surface area contributed by atoms with Gasteiger partial charge in [-0.25, -0.2) is 0 Å². The fraction of sp³-hybridized carbons (Fsp3) is 0.429. The van der Waals surface area contributed by atoms with E-state index >= 15 is 0 Å². The summed E-state index contributed by atoms with van der Waals surface area (Å²) in [6.45, 7) is 4.28. The van der Waals surface area contributed by atoms with Gasteiger partial charge in [0.05, 0.1) is 12.2 Å². The minimum Gasteiger partial charge on any atom is -0.374 e. The minimum absolute atomic E-state index is 0.261. The highest BCUT2D eigenvalue weighted by Crippen LogP contribution is 2.22. The summed E-state index contributed by atoms with van der Waals surface area (Å²) in [4.78, 5) is 0. The van der Waals surface area contributed by atoms with Crippen molar-refractivity contribution in [1.82, 2.24) is 0 Å². The van der Waals surface area contributed by atoms with E-state index in [1.54, 1.807) is 0 Å². The predicted molar refractivity (Wildman–Crippen MR) is 63.5 cm³/mol. The van der Waals surface area contributed by atoms with Crippen LogP contribution >= 0.6 is 0 Å². The molecule has 2 atom stereocenters. The molecule has 2 aliphatic carbocycles. The van der Waals surface area contributed by atoms with Crippen molar-refractivity contribution in [3.63, 3.8) is 0 Å². The number of allylic oxidation sites excluding steroid dienone is 4. The minimum atomic E-state index is 0.261. The molecule has 2 unspecified atom stereocenters. The number of rotatable bonds is 4. The summed E-state index contributed by atoms with van der Waals surface area (Å²) >= 11 is 0. The van der Waals surface area contributed by atoms with Gasteiger partial charge in [-0.2, -0.15) is 0 Å². The average molecular weight is 202 g/mol. The zero-order valence-electron chi connectivity index (χ0n) is 9.34. The normalized spacial score (nSPS) is 24.1. The Morgan fingerprint density at radius 1 is 0.733 bits per heavy atom. The van der Waals surface area contributed by atoms with E-state index in [-0.39, 0.29) is 12.2 Å². The molecule has 0 heterocycles. The Labute approximate surface area is 91.8 Å². The monoisotopic (exact) mass is 202 g/mol. The van der Waals surface area contributed by atoms with Crippen molar-refractivity contribution in [1.29, 1.82) is 0 Å². The van der Waals surface area contributed by atoms with Crippen molar-refractivity contribution in [2.24, 2.45) is 11.8 Å². The van der Waals surface area contributed by atoms with Gasteiger partial charge in [-0.1, -0.05) is 48.6 Å². The van der Waals surface area contributed by atoms with Gasteiger partial charge >= 0.3 is 0 Å². The Hall–Kier alpha value is -1.08. The van der Waals surface area contributed by atoms with E-state index in [0.29, 0.717) is 11.8 Å². The fourth-order valence-electron chi connectivity index (χ4n) is 2.04. The largest absolute Gasteiger partial charge is 0.374 e. The molecule has 0 saturated heterocycles. The van der Waals surface area contributed by atoms with Crippen LogP contribution in [0, 0.1) is 11.8 Å². The molecular formula is C14H18O. The molecule has 0 spiro atoms. The second-order valence-electron chi connectivity index (χ2n) is 4.24. The van der Waals surface area contributed by atoms with Gasteiger partial charge in [0.1, 0.15) is 0 Å². The van der Waals surface area contributed by atoms with Gasteiger partial charge in [0.15, 0.2) is 0 Å². The topological polar surface area (TPSA) is 9.23 Å². The summed E-state index contributed by atoms with van der Waals surface area (Å²) in [5.74, 6) is 0.892. The lowest BCUT2D eigenvalue weighted by Gasteiger charge is -2.24. The number of hydrogen-bond donors (Lipinski definition) is 0. The van der Waals surface area contributed by atoms with Gasteiger partial charge in [0, 0.05) is 11.8 Å². The molecule has 1 heteroatoms. The van der Waals surface area contributed by atoms with Crippen LogP contribution in [-0.2, 0) is 4.74 Å². The SMILES string of the molecule is CC(OC(C)C1C=CC=C1)C1C=CC=C1. The van der Waals surface area contributed by atoms with Gasteiger partial charge in [-0.05, 0) is 13.8 Å². The third-order valence-corrected chi connectivity index (χ3v) is 3.07. The Morgan fingerprint density at radius 3 is 1.40 bits per heavy atom. The molecule has 0 N–H and O–H groups in total. The fourth-order valence-corrected chi connectivity index (χ4v) is 2.04. The van der Waals surface area contributed by atoms with Gasteiger partial charge in [-0.15, -0.1) is 0 Å². The third kappa shape index (κ3) is 2.48. The van der Waals surface area contributed by atoms with Gasteiger partial charge in [0.25, 0.3) is 0 Å². The standard InChI is InChI=1S/C14H18O/c1-11(13-7-3-4-8-13)15-12(2)14-9-5-6-10-14/h3-14H,1-2H3.